The zero-order valence-electron chi connectivity index (χ0n) is 7.49. The maximum absolute atomic E-state index is 5.58. The maximum atomic E-state index is 5.58. The van der Waals surface area contributed by atoms with Crippen LogP contribution in [-0.2, 0) is 0 Å². The van der Waals surface area contributed by atoms with Gasteiger partial charge in [-0.05, 0) is 40.4 Å². The summed E-state index contributed by atoms with van der Waals surface area (Å²) >= 11 is 5.09. The summed E-state index contributed by atoms with van der Waals surface area (Å²) in [5, 5.41) is 2.01. The molecule has 14 heavy (non-hydrogen) atoms. The van der Waals surface area contributed by atoms with Crippen LogP contribution < -0.4 is 5.73 Å². The van der Waals surface area contributed by atoms with Crippen LogP contribution in [0, 0.1) is 6.92 Å². The molecule has 72 valence electrons. The van der Waals surface area contributed by atoms with Gasteiger partial charge in [-0.3, -0.25) is 0 Å². The van der Waals surface area contributed by atoms with E-state index < -0.39 is 0 Å². The average Bonchev–Trinajstić information content (AvgIpc) is 2.49. The number of nitrogen functional groups attached to an aromatic ring is 1. The van der Waals surface area contributed by atoms with Crippen molar-refractivity contribution in [1.82, 2.24) is 9.97 Å². The fourth-order valence-electron chi connectivity index (χ4n) is 1.18. The van der Waals surface area contributed by atoms with E-state index in [0.29, 0.717) is 5.95 Å². The Morgan fingerprint density at radius 2 is 2.21 bits per heavy atom. The van der Waals surface area contributed by atoms with E-state index in [9.17, 15) is 0 Å². The lowest BCUT2D eigenvalue weighted by Crippen LogP contribution is -1.97. The fraction of sp³-hybridized carbons (Fsp3) is 0.111. The number of halogens is 1. The van der Waals surface area contributed by atoms with Crippen molar-refractivity contribution in [3.8, 4) is 10.6 Å². The van der Waals surface area contributed by atoms with Crippen molar-refractivity contribution in [3.05, 3.63) is 27.7 Å². The molecule has 0 aliphatic carbocycles. The SMILES string of the molecule is Cc1cc(-c2sccc2Br)nc(N)n1. The summed E-state index contributed by atoms with van der Waals surface area (Å²) in [6, 6.07) is 3.92. The fourth-order valence-corrected chi connectivity index (χ4v) is 2.72. The molecule has 2 N–H and O–H groups in total. The molecule has 0 saturated heterocycles. The van der Waals surface area contributed by atoms with E-state index >= 15 is 0 Å². The van der Waals surface area contributed by atoms with Crippen LogP contribution in [0.1, 0.15) is 5.69 Å². The summed E-state index contributed by atoms with van der Waals surface area (Å²) in [6.45, 7) is 1.91. The highest BCUT2D eigenvalue weighted by atomic mass is 79.9. The predicted octanol–water partition coefficient (Wildman–Crippen LogP) is 2.86. The summed E-state index contributed by atoms with van der Waals surface area (Å²) in [5.41, 5.74) is 7.34. The highest BCUT2D eigenvalue weighted by molar-refractivity contribution is 9.10. The number of hydrogen-bond acceptors (Lipinski definition) is 4. The molecule has 0 aromatic carbocycles. The average molecular weight is 270 g/mol. The Labute approximate surface area is 94.1 Å². The second-order valence-electron chi connectivity index (χ2n) is 2.85. The number of hydrogen-bond donors (Lipinski definition) is 1. The van der Waals surface area contributed by atoms with Gasteiger partial charge in [0.15, 0.2) is 0 Å². The van der Waals surface area contributed by atoms with E-state index in [2.05, 4.69) is 25.9 Å². The van der Waals surface area contributed by atoms with Crippen molar-refractivity contribution in [3.63, 3.8) is 0 Å². The number of nitrogens with zero attached hydrogens (tertiary/aromatic N) is 2. The highest BCUT2D eigenvalue weighted by Crippen LogP contribution is 2.32. The summed E-state index contributed by atoms with van der Waals surface area (Å²) < 4.78 is 1.04. The van der Waals surface area contributed by atoms with Crippen molar-refractivity contribution in [2.24, 2.45) is 0 Å². The number of rotatable bonds is 1. The molecule has 0 fully saturated rings. The lowest BCUT2D eigenvalue weighted by Gasteiger charge is -2.01. The number of aromatic nitrogens is 2. The predicted molar refractivity (Wildman–Crippen MR) is 62.2 cm³/mol. The van der Waals surface area contributed by atoms with E-state index in [-0.39, 0.29) is 0 Å². The first-order chi connectivity index (χ1) is 6.66. The van der Waals surface area contributed by atoms with Gasteiger partial charge in [-0.2, -0.15) is 0 Å². The quantitative estimate of drug-likeness (QED) is 0.866. The molecule has 2 heterocycles. The Morgan fingerprint density at radius 3 is 2.79 bits per heavy atom. The number of nitrogens with two attached hydrogens (primary N) is 1. The van der Waals surface area contributed by atoms with Gasteiger partial charge in [-0.1, -0.05) is 0 Å². The lowest BCUT2D eigenvalue weighted by molar-refractivity contribution is 1.13. The van der Waals surface area contributed by atoms with Gasteiger partial charge in [0.2, 0.25) is 5.95 Å². The monoisotopic (exact) mass is 269 g/mol. The van der Waals surface area contributed by atoms with E-state index in [1.165, 1.54) is 0 Å². The third-order valence-corrected chi connectivity index (χ3v) is 3.58. The van der Waals surface area contributed by atoms with Crippen molar-refractivity contribution in [1.29, 1.82) is 0 Å². The third kappa shape index (κ3) is 1.78. The second-order valence-corrected chi connectivity index (χ2v) is 4.62. The summed E-state index contributed by atoms with van der Waals surface area (Å²) in [7, 11) is 0. The first-order valence-corrected chi connectivity index (χ1v) is 5.68. The standard InChI is InChI=1S/C9H8BrN3S/c1-5-4-7(13-9(11)12-5)8-6(10)2-3-14-8/h2-4H,1H3,(H2,11,12,13). The molecule has 2 aromatic rings. The van der Waals surface area contributed by atoms with Crippen molar-refractivity contribution in [2.75, 3.05) is 5.73 Å². The molecule has 2 aromatic heterocycles. The van der Waals surface area contributed by atoms with E-state index in [1.54, 1.807) is 11.3 Å². The van der Waals surface area contributed by atoms with E-state index in [0.717, 1.165) is 20.7 Å². The minimum atomic E-state index is 0.320. The van der Waals surface area contributed by atoms with Crippen molar-refractivity contribution >= 4 is 33.2 Å². The van der Waals surface area contributed by atoms with Crippen LogP contribution in [0.25, 0.3) is 10.6 Å². The van der Waals surface area contributed by atoms with Gasteiger partial charge in [0.1, 0.15) is 0 Å². The van der Waals surface area contributed by atoms with Gasteiger partial charge in [0.25, 0.3) is 0 Å². The molecule has 3 nitrogen and oxygen atoms in total. The topological polar surface area (TPSA) is 51.8 Å². The molecule has 0 aliphatic rings. The maximum Gasteiger partial charge on any atom is 0.220 e. The smallest absolute Gasteiger partial charge is 0.220 e. The molecule has 0 atom stereocenters. The van der Waals surface area contributed by atoms with Gasteiger partial charge in [0, 0.05) is 10.2 Å². The zero-order chi connectivity index (χ0) is 10.1. The van der Waals surface area contributed by atoms with Gasteiger partial charge in [-0.25, -0.2) is 9.97 Å². The van der Waals surface area contributed by atoms with Gasteiger partial charge in [-0.15, -0.1) is 11.3 Å². The molecule has 0 spiro atoms. The third-order valence-electron chi connectivity index (χ3n) is 1.72. The van der Waals surface area contributed by atoms with Crippen LogP contribution in [0.4, 0.5) is 5.95 Å². The first-order valence-electron chi connectivity index (χ1n) is 4.01. The minimum absolute atomic E-state index is 0.320. The van der Waals surface area contributed by atoms with Crippen LogP contribution in [-0.4, -0.2) is 9.97 Å². The Bertz CT molecular complexity index is 447. The largest absolute Gasteiger partial charge is 0.368 e. The van der Waals surface area contributed by atoms with Crippen LogP contribution in [0.5, 0.6) is 0 Å². The highest BCUT2D eigenvalue weighted by Gasteiger charge is 2.07. The van der Waals surface area contributed by atoms with Gasteiger partial charge in [0.05, 0.1) is 10.6 Å². The molecular weight excluding hydrogens is 262 g/mol. The van der Waals surface area contributed by atoms with Crippen LogP contribution in [0.15, 0.2) is 22.0 Å². The number of thiophene rings is 1. The molecule has 2 rings (SSSR count). The molecule has 0 aliphatic heterocycles. The normalized spacial score (nSPS) is 10.4. The van der Waals surface area contributed by atoms with Crippen LogP contribution in [0.3, 0.4) is 0 Å². The zero-order valence-corrected chi connectivity index (χ0v) is 9.89. The Hall–Kier alpha value is -0.940. The van der Waals surface area contributed by atoms with Crippen LogP contribution in [0.2, 0.25) is 0 Å². The summed E-state index contributed by atoms with van der Waals surface area (Å²) in [4.78, 5) is 9.30. The minimum Gasteiger partial charge on any atom is -0.368 e. The lowest BCUT2D eigenvalue weighted by atomic mass is 10.3. The van der Waals surface area contributed by atoms with Crippen molar-refractivity contribution in [2.45, 2.75) is 6.92 Å². The Kier molecular flexibility index (Phi) is 2.52. The summed E-state index contributed by atoms with van der Waals surface area (Å²) in [5.74, 6) is 0.320. The summed E-state index contributed by atoms with van der Waals surface area (Å²) in [6.07, 6.45) is 0. The van der Waals surface area contributed by atoms with Gasteiger partial charge >= 0.3 is 0 Å². The molecular formula is C9H8BrN3S. The van der Waals surface area contributed by atoms with Crippen LogP contribution >= 0.6 is 27.3 Å². The Balaban J connectivity index is 2.57. The molecule has 0 radical (unpaired) electrons. The Morgan fingerprint density at radius 1 is 1.43 bits per heavy atom. The molecule has 0 amide bonds. The second kappa shape index (κ2) is 3.67. The number of anilines is 1. The first kappa shape index (κ1) is 9.61. The van der Waals surface area contributed by atoms with E-state index in [1.807, 2.05) is 24.4 Å². The van der Waals surface area contributed by atoms with Gasteiger partial charge < -0.3 is 5.73 Å². The molecule has 0 saturated carbocycles. The number of aryl methyl sites for hydroxylation is 1. The molecule has 5 heteroatoms. The molecule has 0 bridgehead atoms. The molecule has 0 unspecified atom stereocenters. The van der Waals surface area contributed by atoms with E-state index in [4.69, 9.17) is 5.73 Å². The van der Waals surface area contributed by atoms with Crippen molar-refractivity contribution < 1.29 is 0 Å².